The van der Waals surface area contributed by atoms with Crippen molar-refractivity contribution in [3.8, 4) is 11.5 Å². The number of phenols is 1. The largest absolute Gasteiger partial charge is 0.508 e. The van der Waals surface area contributed by atoms with Crippen LogP contribution in [-0.2, 0) is 0 Å². The van der Waals surface area contributed by atoms with Crippen LogP contribution in [0.1, 0.15) is 38.8 Å². The van der Waals surface area contributed by atoms with Crippen molar-refractivity contribution in [2.75, 3.05) is 13.7 Å². The summed E-state index contributed by atoms with van der Waals surface area (Å²) in [6.07, 6.45) is 0.701. The number of aliphatic hydroxyl groups is 1. The van der Waals surface area contributed by atoms with Gasteiger partial charge in [-0.2, -0.15) is 0 Å². The SMILES string of the molecule is COc1ccc(O)c(C(C)NC(CCO)C(C)C)c1. The van der Waals surface area contributed by atoms with Crippen LogP contribution in [0.3, 0.4) is 0 Å². The Morgan fingerprint density at radius 3 is 2.47 bits per heavy atom. The van der Waals surface area contributed by atoms with Gasteiger partial charge in [0.15, 0.2) is 0 Å². The molecule has 0 bridgehead atoms. The molecule has 19 heavy (non-hydrogen) atoms. The number of methoxy groups -OCH3 is 1. The van der Waals surface area contributed by atoms with Gasteiger partial charge < -0.3 is 20.3 Å². The lowest BCUT2D eigenvalue weighted by Crippen LogP contribution is -2.36. The van der Waals surface area contributed by atoms with Crippen LogP contribution in [0.4, 0.5) is 0 Å². The lowest BCUT2D eigenvalue weighted by molar-refractivity contribution is 0.236. The molecule has 108 valence electrons. The number of benzene rings is 1. The molecule has 0 aliphatic carbocycles. The standard InChI is InChI=1S/C15H25NO3/c1-10(2)14(7-8-17)16-11(3)13-9-12(19-4)5-6-15(13)18/h5-6,9-11,14,16-18H,7-8H2,1-4H3. The fourth-order valence-electron chi connectivity index (χ4n) is 2.17. The van der Waals surface area contributed by atoms with Crippen molar-refractivity contribution in [3.63, 3.8) is 0 Å². The van der Waals surface area contributed by atoms with Crippen LogP contribution in [0.25, 0.3) is 0 Å². The van der Waals surface area contributed by atoms with Crippen molar-refractivity contribution < 1.29 is 14.9 Å². The van der Waals surface area contributed by atoms with Gasteiger partial charge in [-0.25, -0.2) is 0 Å². The van der Waals surface area contributed by atoms with E-state index in [0.29, 0.717) is 12.3 Å². The van der Waals surface area contributed by atoms with Crippen molar-refractivity contribution in [2.45, 2.75) is 39.3 Å². The first-order valence-corrected chi connectivity index (χ1v) is 6.73. The Bertz CT molecular complexity index is 393. The van der Waals surface area contributed by atoms with Crippen LogP contribution in [0.15, 0.2) is 18.2 Å². The van der Waals surface area contributed by atoms with E-state index in [0.717, 1.165) is 11.3 Å². The molecule has 2 unspecified atom stereocenters. The summed E-state index contributed by atoms with van der Waals surface area (Å²) in [5.41, 5.74) is 0.808. The second kappa shape index (κ2) is 7.36. The van der Waals surface area contributed by atoms with Crippen LogP contribution in [0.2, 0.25) is 0 Å². The molecule has 0 spiro atoms. The quantitative estimate of drug-likeness (QED) is 0.710. The van der Waals surface area contributed by atoms with E-state index >= 15 is 0 Å². The number of rotatable bonds is 7. The van der Waals surface area contributed by atoms with Crippen LogP contribution in [0.5, 0.6) is 11.5 Å². The molecule has 4 nitrogen and oxygen atoms in total. The molecule has 0 saturated heterocycles. The molecule has 0 amide bonds. The Balaban J connectivity index is 2.83. The van der Waals surface area contributed by atoms with E-state index in [1.54, 1.807) is 19.2 Å². The Morgan fingerprint density at radius 1 is 1.26 bits per heavy atom. The molecule has 0 fully saturated rings. The Labute approximate surface area is 115 Å². The first-order valence-electron chi connectivity index (χ1n) is 6.73. The van der Waals surface area contributed by atoms with Crippen molar-refractivity contribution in [1.82, 2.24) is 5.32 Å². The summed E-state index contributed by atoms with van der Waals surface area (Å²) >= 11 is 0. The zero-order chi connectivity index (χ0) is 14.4. The van der Waals surface area contributed by atoms with E-state index < -0.39 is 0 Å². The maximum absolute atomic E-state index is 9.94. The molecule has 1 aromatic rings. The zero-order valence-electron chi connectivity index (χ0n) is 12.2. The molecule has 0 saturated carbocycles. The molecular weight excluding hydrogens is 242 g/mol. The Kier molecular flexibility index (Phi) is 6.12. The second-order valence-electron chi connectivity index (χ2n) is 5.18. The van der Waals surface area contributed by atoms with E-state index in [1.807, 2.05) is 13.0 Å². The molecule has 0 aliphatic heterocycles. The number of aromatic hydroxyl groups is 1. The van der Waals surface area contributed by atoms with Crippen molar-refractivity contribution in [3.05, 3.63) is 23.8 Å². The topological polar surface area (TPSA) is 61.7 Å². The van der Waals surface area contributed by atoms with Gasteiger partial charge in [-0.15, -0.1) is 0 Å². The van der Waals surface area contributed by atoms with Gasteiger partial charge in [0.05, 0.1) is 7.11 Å². The highest BCUT2D eigenvalue weighted by Gasteiger charge is 2.18. The number of hydrogen-bond donors (Lipinski definition) is 3. The summed E-state index contributed by atoms with van der Waals surface area (Å²) in [5, 5.41) is 22.5. The van der Waals surface area contributed by atoms with Gasteiger partial charge in [0.25, 0.3) is 0 Å². The third-order valence-electron chi connectivity index (χ3n) is 3.41. The Hall–Kier alpha value is -1.26. The van der Waals surface area contributed by atoms with Crippen molar-refractivity contribution >= 4 is 0 Å². The molecule has 0 aromatic heterocycles. The van der Waals surface area contributed by atoms with Gasteiger partial charge in [-0.05, 0) is 37.5 Å². The maximum atomic E-state index is 9.94. The molecule has 1 rings (SSSR count). The summed E-state index contributed by atoms with van der Waals surface area (Å²) < 4.78 is 5.18. The smallest absolute Gasteiger partial charge is 0.120 e. The number of aliphatic hydroxyl groups excluding tert-OH is 1. The highest BCUT2D eigenvalue weighted by molar-refractivity contribution is 5.41. The molecule has 4 heteroatoms. The monoisotopic (exact) mass is 267 g/mol. The third-order valence-corrected chi connectivity index (χ3v) is 3.41. The molecule has 0 radical (unpaired) electrons. The summed E-state index contributed by atoms with van der Waals surface area (Å²) in [7, 11) is 1.61. The van der Waals surface area contributed by atoms with Crippen LogP contribution >= 0.6 is 0 Å². The zero-order valence-corrected chi connectivity index (χ0v) is 12.2. The minimum absolute atomic E-state index is 0.00551. The lowest BCUT2D eigenvalue weighted by Gasteiger charge is -2.26. The predicted molar refractivity (Wildman–Crippen MR) is 76.5 cm³/mol. The van der Waals surface area contributed by atoms with E-state index in [9.17, 15) is 5.11 Å². The van der Waals surface area contributed by atoms with Crippen molar-refractivity contribution in [1.29, 1.82) is 0 Å². The second-order valence-corrected chi connectivity index (χ2v) is 5.18. The number of phenolic OH excluding ortho intramolecular Hbond substituents is 1. The van der Waals surface area contributed by atoms with Crippen LogP contribution in [-0.4, -0.2) is 30.0 Å². The van der Waals surface area contributed by atoms with Gasteiger partial charge in [0.1, 0.15) is 11.5 Å². The lowest BCUT2D eigenvalue weighted by atomic mass is 9.98. The van der Waals surface area contributed by atoms with Gasteiger partial charge >= 0.3 is 0 Å². The van der Waals surface area contributed by atoms with E-state index in [2.05, 4.69) is 19.2 Å². The van der Waals surface area contributed by atoms with Gasteiger partial charge in [-0.3, -0.25) is 0 Å². The summed E-state index contributed by atoms with van der Waals surface area (Å²) in [4.78, 5) is 0. The summed E-state index contributed by atoms with van der Waals surface area (Å²) in [6.45, 7) is 6.39. The third kappa shape index (κ3) is 4.40. The number of nitrogens with one attached hydrogen (secondary N) is 1. The average molecular weight is 267 g/mol. The van der Waals surface area contributed by atoms with Crippen LogP contribution < -0.4 is 10.1 Å². The molecule has 1 aromatic carbocycles. The maximum Gasteiger partial charge on any atom is 0.120 e. The number of ether oxygens (including phenoxy) is 1. The van der Waals surface area contributed by atoms with E-state index in [1.165, 1.54) is 0 Å². The Morgan fingerprint density at radius 2 is 1.95 bits per heavy atom. The fraction of sp³-hybridized carbons (Fsp3) is 0.600. The summed E-state index contributed by atoms with van der Waals surface area (Å²) in [5.74, 6) is 1.40. The fourth-order valence-corrected chi connectivity index (χ4v) is 2.17. The highest BCUT2D eigenvalue weighted by Crippen LogP contribution is 2.29. The molecule has 3 N–H and O–H groups in total. The van der Waals surface area contributed by atoms with Gasteiger partial charge in [-0.1, -0.05) is 13.8 Å². The highest BCUT2D eigenvalue weighted by atomic mass is 16.5. The van der Waals surface area contributed by atoms with E-state index in [4.69, 9.17) is 9.84 Å². The molecule has 0 heterocycles. The van der Waals surface area contributed by atoms with E-state index in [-0.39, 0.29) is 24.4 Å². The number of hydrogen-bond acceptors (Lipinski definition) is 4. The minimum Gasteiger partial charge on any atom is -0.508 e. The molecular formula is C15H25NO3. The molecule has 0 aliphatic rings. The summed E-state index contributed by atoms with van der Waals surface area (Å²) in [6, 6.07) is 5.42. The van der Waals surface area contributed by atoms with Gasteiger partial charge in [0, 0.05) is 24.3 Å². The van der Waals surface area contributed by atoms with Gasteiger partial charge in [0.2, 0.25) is 0 Å². The minimum atomic E-state index is -0.00551. The first-order chi connectivity index (χ1) is 8.99. The first kappa shape index (κ1) is 15.8. The van der Waals surface area contributed by atoms with Crippen molar-refractivity contribution in [2.24, 2.45) is 5.92 Å². The average Bonchev–Trinajstić information content (AvgIpc) is 2.38. The van der Waals surface area contributed by atoms with Crippen LogP contribution in [0, 0.1) is 5.92 Å². The molecule has 2 atom stereocenters. The predicted octanol–water partition coefficient (Wildman–Crippen LogP) is 2.46. The normalized spacial score (nSPS) is 14.4.